The van der Waals surface area contributed by atoms with Crippen molar-refractivity contribution in [1.29, 1.82) is 0 Å². The fraction of sp³-hybridized carbons (Fsp3) is 0.500. The summed E-state index contributed by atoms with van der Waals surface area (Å²) in [6.07, 6.45) is 4.40. The molecule has 4 rings (SSSR count). The number of anilines is 1. The maximum atomic E-state index is 14.2. The molecule has 0 saturated carbocycles. The number of ether oxygens (including phenoxy) is 2. The van der Waals surface area contributed by atoms with E-state index in [-0.39, 0.29) is 31.1 Å². The Morgan fingerprint density at radius 1 is 1.33 bits per heavy atom. The summed E-state index contributed by atoms with van der Waals surface area (Å²) in [6.45, 7) is 7.38. The van der Waals surface area contributed by atoms with Gasteiger partial charge in [0.2, 0.25) is 5.91 Å². The number of unbranched alkanes of at least 4 members (excludes halogenated alkanes) is 1. The Morgan fingerprint density at radius 3 is 2.75 bits per heavy atom. The minimum atomic E-state index is -1.24. The Bertz CT molecular complexity index is 1050. The third-order valence-corrected chi connectivity index (χ3v) is 8.32. The zero-order valence-corrected chi connectivity index (χ0v) is 22.2. The van der Waals surface area contributed by atoms with Crippen LogP contribution < -0.4 is 4.90 Å². The molecule has 2 bridgehead atoms. The number of likely N-dealkylation sites (tertiary alicyclic amines) is 1. The Balaban J connectivity index is 1.72. The largest absolute Gasteiger partial charge is 0.465 e. The number of aliphatic hydroxyl groups excluding tert-OH is 1. The smallest absolute Gasteiger partial charge is 0.312 e. The predicted octanol–water partition coefficient (Wildman–Crippen LogP) is 3.11. The van der Waals surface area contributed by atoms with Gasteiger partial charge in [0, 0.05) is 17.9 Å². The summed E-state index contributed by atoms with van der Waals surface area (Å²) in [5.74, 6) is -3.06. The van der Waals surface area contributed by atoms with Crippen LogP contribution in [0.25, 0.3) is 0 Å². The van der Waals surface area contributed by atoms with E-state index in [9.17, 15) is 19.5 Å². The van der Waals surface area contributed by atoms with Crippen LogP contribution in [-0.4, -0.2) is 76.7 Å². The number of benzene rings is 1. The molecule has 3 fully saturated rings. The predicted molar refractivity (Wildman–Crippen MR) is 139 cm³/mol. The quantitative estimate of drug-likeness (QED) is 0.187. The summed E-state index contributed by atoms with van der Waals surface area (Å²) in [4.78, 5) is 43.7. The first-order valence-corrected chi connectivity index (χ1v) is 13.3. The molecule has 36 heavy (non-hydrogen) atoms. The van der Waals surface area contributed by atoms with Gasteiger partial charge < -0.3 is 24.4 Å². The van der Waals surface area contributed by atoms with Gasteiger partial charge in [-0.15, -0.1) is 13.2 Å². The highest BCUT2D eigenvalue weighted by Crippen LogP contribution is 2.60. The first-order chi connectivity index (χ1) is 17.3. The molecule has 1 aromatic carbocycles. The number of fused-ring (bicyclic) bond motifs is 1. The van der Waals surface area contributed by atoms with Crippen molar-refractivity contribution in [3.05, 3.63) is 54.6 Å². The first kappa shape index (κ1) is 26.9. The van der Waals surface area contributed by atoms with E-state index < -0.39 is 47.4 Å². The Hall–Kier alpha value is -2.20. The summed E-state index contributed by atoms with van der Waals surface area (Å²) in [5.41, 5.74) is -0.769. The summed E-state index contributed by atoms with van der Waals surface area (Å²) in [6, 6.07) is 5.87. The highest BCUT2D eigenvalue weighted by Gasteiger charge is 2.77. The molecule has 2 amide bonds. The molecule has 1 N–H and O–H groups in total. The van der Waals surface area contributed by atoms with Gasteiger partial charge in [0.25, 0.3) is 5.91 Å². The van der Waals surface area contributed by atoms with E-state index in [1.165, 1.54) is 9.80 Å². The van der Waals surface area contributed by atoms with Gasteiger partial charge in [-0.1, -0.05) is 51.8 Å². The number of para-hydroxylation sites is 1. The molecule has 3 aliphatic heterocycles. The number of nitrogens with zero attached hydrogens (tertiary/aromatic N) is 2. The van der Waals surface area contributed by atoms with E-state index in [1.54, 1.807) is 36.4 Å². The van der Waals surface area contributed by atoms with Gasteiger partial charge in [-0.25, -0.2) is 0 Å². The number of carbonyl (C=O) groups is 3. The second kappa shape index (κ2) is 11.0. The number of carbonyl (C=O) groups excluding carboxylic acids is 3. The lowest BCUT2D eigenvalue weighted by Gasteiger charge is -2.37. The molecular weight excluding hydrogens is 552 g/mol. The van der Waals surface area contributed by atoms with E-state index in [4.69, 9.17) is 21.1 Å². The van der Waals surface area contributed by atoms with Crippen LogP contribution in [0.4, 0.5) is 5.69 Å². The minimum absolute atomic E-state index is 0.0694. The van der Waals surface area contributed by atoms with Crippen molar-refractivity contribution in [2.45, 2.75) is 41.8 Å². The highest BCUT2D eigenvalue weighted by molar-refractivity contribution is 9.09. The molecule has 0 aliphatic carbocycles. The summed E-state index contributed by atoms with van der Waals surface area (Å²) < 4.78 is 11.9. The summed E-state index contributed by atoms with van der Waals surface area (Å²) in [5, 5.41) is 10.1. The van der Waals surface area contributed by atoms with Gasteiger partial charge in [0.05, 0.1) is 41.9 Å². The van der Waals surface area contributed by atoms with E-state index >= 15 is 0 Å². The second-order valence-electron chi connectivity index (χ2n) is 9.21. The fourth-order valence-corrected chi connectivity index (χ4v) is 6.96. The van der Waals surface area contributed by atoms with E-state index in [1.807, 2.05) is 0 Å². The number of hydrogen-bond donors (Lipinski definition) is 1. The van der Waals surface area contributed by atoms with Crippen LogP contribution >= 0.6 is 27.5 Å². The highest BCUT2D eigenvalue weighted by atomic mass is 79.9. The van der Waals surface area contributed by atoms with Crippen molar-refractivity contribution < 1.29 is 29.0 Å². The average Bonchev–Trinajstić information content (AvgIpc) is 3.44. The molecule has 1 spiro atoms. The Kier molecular flexibility index (Phi) is 8.24. The number of amides is 2. The van der Waals surface area contributed by atoms with Crippen LogP contribution in [0.3, 0.4) is 0 Å². The monoisotopic (exact) mass is 580 g/mol. The van der Waals surface area contributed by atoms with Crippen LogP contribution in [0.5, 0.6) is 0 Å². The van der Waals surface area contributed by atoms with E-state index in [0.717, 1.165) is 0 Å². The van der Waals surface area contributed by atoms with Gasteiger partial charge in [-0.3, -0.25) is 14.4 Å². The molecule has 1 aromatic rings. The van der Waals surface area contributed by atoms with Crippen LogP contribution in [0.15, 0.2) is 49.6 Å². The molecule has 10 heteroatoms. The molecule has 3 unspecified atom stereocenters. The lowest BCUT2D eigenvalue weighted by atomic mass is 9.70. The van der Waals surface area contributed by atoms with Gasteiger partial charge in [0.15, 0.2) is 0 Å². The standard InChI is InChI=1S/C26H30BrClN2O6/c1-3-5-8-14-35-25(34)19-20-23(32)30(12-13-31)22(26(20)15-16(27)21(19)36-26)24(33)29(11-4-2)18-10-7-6-9-17(18)28/h3-4,6-7,9-10,16,19-22,31H,1-2,5,8,11-15H2/t16?,19-,20-,21-,22?,26?/m0/s1. The van der Waals surface area contributed by atoms with Gasteiger partial charge >= 0.3 is 5.97 Å². The summed E-state index contributed by atoms with van der Waals surface area (Å²) in [7, 11) is 0. The number of hydrogen-bond acceptors (Lipinski definition) is 6. The van der Waals surface area contributed by atoms with Gasteiger partial charge in [-0.05, 0) is 31.4 Å². The number of alkyl halides is 1. The van der Waals surface area contributed by atoms with Crippen LogP contribution in [0, 0.1) is 11.8 Å². The van der Waals surface area contributed by atoms with E-state index in [0.29, 0.717) is 30.0 Å². The van der Waals surface area contributed by atoms with E-state index in [2.05, 4.69) is 29.1 Å². The number of β-amino-alcohol motifs (C(OH)–C–C–N with tert-alkyl or cyclic N) is 1. The van der Waals surface area contributed by atoms with Crippen LogP contribution in [0.2, 0.25) is 5.02 Å². The lowest BCUT2D eigenvalue weighted by molar-refractivity contribution is -0.155. The summed E-state index contributed by atoms with van der Waals surface area (Å²) >= 11 is 10.0. The fourth-order valence-electron chi connectivity index (χ4n) is 5.78. The third kappa shape index (κ3) is 4.40. The van der Waals surface area contributed by atoms with Crippen molar-refractivity contribution in [3.8, 4) is 0 Å². The van der Waals surface area contributed by atoms with Crippen molar-refractivity contribution in [3.63, 3.8) is 0 Å². The minimum Gasteiger partial charge on any atom is -0.465 e. The van der Waals surface area contributed by atoms with Crippen molar-refractivity contribution in [1.82, 2.24) is 4.90 Å². The molecule has 3 saturated heterocycles. The van der Waals surface area contributed by atoms with Crippen LogP contribution in [0.1, 0.15) is 19.3 Å². The lowest BCUT2D eigenvalue weighted by Crippen LogP contribution is -2.57. The topological polar surface area (TPSA) is 96.4 Å². The molecule has 3 heterocycles. The van der Waals surface area contributed by atoms with Crippen molar-refractivity contribution in [2.75, 3.05) is 31.2 Å². The Labute approximate surface area is 224 Å². The second-order valence-corrected chi connectivity index (χ2v) is 10.8. The number of rotatable bonds is 11. The molecular formula is C26H30BrClN2O6. The molecule has 8 nitrogen and oxygen atoms in total. The SMILES string of the molecule is C=CCCCOC(=O)[C@H]1[C@H]2C(=O)N(CCO)C(C(=O)N(CC=C)c3ccccc3Cl)C23CC(Br)[C@@H]1O3. The van der Waals surface area contributed by atoms with Gasteiger partial charge in [0.1, 0.15) is 11.6 Å². The third-order valence-electron chi connectivity index (χ3n) is 7.15. The molecule has 3 aliphatic rings. The maximum Gasteiger partial charge on any atom is 0.312 e. The number of allylic oxidation sites excluding steroid dienone is 1. The zero-order valence-electron chi connectivity index (χ0n) is 19.9. The number of halogens is 2. The zero-order chi connectivity index (χ0) is 26.0. The van der Waals surface area contributed by atoms with Gasteiger partial charge in [-0.2, -0.15) is 0 Å². The molecule has 0 radical (unpaired) electrons. The normalized spacial score (nSPS) is 30.2. The van der Waals surface area contributed by atoms with Crippen LogP contribution in [-0.2, 0) is 23.9 Å². The molecule has 6 atom stereocenters. The van der Waals surface area contributed by atoms with Crippen molar-refractivity contribution in [2.24, 2.45) is 11.8 Å². The number of aliphatic hydroxyl groups is 1. The maximum absolute atomic E-state index is 14.2. The number of esters is 1. The Morgan fingerprint density at radius 2 is 2.08 bits per heavy atom. The average molecular weight is 582 g/mol. The van der Waals surface area contributed by atoms with Crippen molar-refractivity contribution >= 4 is 51.0 Å². The first-order valence-electron chi connectivity index (χ1n) is 12.0. The molecule has 0 aromatic heterocycles. The molecule has 194 valence electrons.